The maximum Gasteiger partial charge on any atom is 0.238 e. The lowest BCUT2D eigenvalue weighted by molar-refractivity contribution is -0.131. The summed E-state index contributed by atoms with van der Waals surface area (Å²) in [6.07, 6.45) is 5.90. The number of nitrogens with one attached hydrogen (secondary N) is 2. The van der Waals surface area contributed by atoms with Crippen LogP contribution in [0.15, 0.2) is 60.7 Å². The van der Waals surface area contributed by atoms with Gasteiger partial charge in [0, 0.05) is 46.2 Å². The number of rotatable bonds is 4. The van der Waals surface area contributed by atoms with Gasteiger partial charge in [0.15, 0.2) is 5.75 Å². The molecule has 41 heavy (non-hydrogen) atoms. The molecule has 1 spiro atoms. The van der Waals surface area contributed by atoms with Gasteiger partial charge in [0.25, 0.3) is 0 Å². The molecule has 4 aromatic rings. The molecule has 2 aliphatic heterocycles. The monoisotopic (exact) mass is 584 g/mol. The number of aromatic nitrogens is 2. The average Bonchev–Trinajstić information content (AvgIpc) is 3.36. The third kappa shape index (κ3) is 4.26. The summed E-state index contributed by atoms with van der Waals surface area (Å²) in [4.78, 5) is 27.9. The van der Waals surface area contributed by atoms with Crippen molar-refractivity contribution >= 4 is 40.7 Å². The van der Waals surface area contributed by atoms with Crippen LogP contribution >= 0.6 is 23.2 Å². The topological polar surface area (TPSA) is 85.2 Å². The van der Waals surface area contributed by atoms with E-state index in [0.29, 0.717) is 49.6 Å². The Morgan fingerprint density at radius 1 is 1.07 bits per heavy atom. The number of halogens is 2. The van der Waals surface area contributed by atoms with Gasteiger partial charge in [0.05, 0.1) is 11.7 Å². The molecule has 2 aliphatic rings. The van der Waals surface area contributed by atoms with Gasteiger partial charge >= 0.3 is 0 Å². The first kappa shape index (κ1) is 26.9. The Bertz CT molecular complexity index is 1790. The zero-order chi connectivity index (χ0) is 29.1. The molecule has 206 valence electrons. The second kappa shape index (κ2) is 9.99. The van der Waals surface area contributed by atoms with Crippen LogP contribution in [0.2, 0.25) is 10.0 Å². The molecule has 1 saturated heterocycles. The average molecular weight is 585 g/mol. The lowest BCUT2D eigenvalue weighted by atomic mass is 9.59. The highest BCUT2D eigenvalue weighted by molar-refractivity contribution is 6.31. The van der Waals surface area contributed by atoms with E-state index < -0.39 is 17.4 Å². The lowest BCUT2D eigenvalue weighted by Gasteiger charge is -2.46. The van der Waals surface area contributed by atoms with Gasteiger partial charge in [-0.15, -0.1) is 6.42 Å². The molecule has 0 saturated carbocycles. The molecule has 0 unspecified atom stereocenters. The van der Waals surface area contributed by atoms with Crippen LogP contribution in [0.1, 0.15) is 52.0 Å². The number of hydrogen-bond donors (Lipinski definition) is 2. The normalized spacial score (nSPS) is 21.3. The van der Waals surface area contributed by atoms with Crippen LogP contribution in [0, 0.1) is 26.2 Å². The van der Waals surface area contributed by atoms with Crippen molar-refractivity contribution in [3.63, 3.8) is 0 Å². The van der Waals surface area contributed by atoms with Crippen LogP contribution in [-0.4, -0.2) is 21.6 Å². The van der Waals surface area contributed by atoms with Gasteiger partial charge in [-0.2, -0.15) is 5.10 Å². The summed E-state index contributed by atoms with van der Waals surface area (Å²) >= 11 is 12.8. The fraction of sp³-hybridized carbons (Fsp3) is 0.219. The molecule has 6 rings (SSSR count). The summed E-state index contributed by atoms with van der Waals surface area (Å²) in [5.41, 5.74) is 3.48. The Morgan fingerprint density at radius 2 is 1.85 bits per heavy atom. The number of terminal acetylenes is 1. The van der Waals surface area contributed by atoms with Gasteiger partial charge in [-0.1, -0.05) is 47.3 Å². The second-order valence-corrected chi connectivity index (χ2v) is 11.3. The van der Waals surface area contributed by atoms with Crippen LogP contribution in [0.5, 0.6) is 11.5 Å². The molecule has 3 aromatic carbocycles. The van der Waals surface area contributed by atoms with Crippen molar-refractivity contribution < 1.29 is 14.3 Å². The van der Waals surface area contributed by atoms with E-state index in [-0.39, 0.29) is 18.2 Å². The Balaban J connectivity index is 1.63. The van der Waals surface area contributed by atoms with Crippen molar-refractivity contribution in [2.45, 2.75) is 37.6 Å². The molecule has 3 atom stereocenters. The minimum atomic E-state index is -1.27. The Labute approximate surface area is 247 Å². The number of carbonyl (C=O) groups excluding carboxylic acids is 2. The minimum absolute atomic E-state index is 0.0676. The maximum absolute atomic E-state index is 14.4. The molecule has 7 nitrogen and oxygen atoms in total. The molecule has 0 bridgehead atoms. The standard InChI is InChI=1S/C32H26Cl2N4O3/c1-5-19-9-12-27(41-29-17(2)37-38(4)18(29)3)23(13-19)30-32(24-11-10-22(34)15-26(24)35-31(32)40)25(16-28(39)36-30)20-7-6-8-21(33)14-20/h1,6-15,25,30H,16H2,2-4H3,(H,35,40)(H,36,39)/t25-,30+,32-/m0/s1. The number of benzene rings is 3. The third-order valence-electron chi connectivity index (χ3n) is 8.14. The van der Waals surface area contributed by atoms with E-state index >= 15 is 0 Å². The summed E-state index contributed by atoms with van der Waals surface area (Å²) < 4.78 is 8.25. The van der Waals surface area contributed by atoms with Crippen molar-refractivity contribution in [3.05, 3.63) is 104 Å². The first-order valence-electron chi connectivity index (χ1n) is 13.1. The van der Waals surface area contributed by atoms with Crippen LogP contribution < -0.4 is 15.4 Å². The number of amides is 2. The van der Waals surface area contributed by atoms with Gasteiger partial charge in [-0.05, 0) is 67.4 Å². The number of fused-ring (bicyclic) bond motifs is 2. The fourth-order valence-corrected chi connectivity index (χ4v) is 6.61. The predicted molar refractivity (Wildman–Crippen MR) is 159 cm³/mol. The molecule has 2 N–H and O–H groups in total. The van der Waals surface area contributed by atoms with Crippen molar-refractivity contribution in [1.29, 1.82) is 0 Å². The maximum atomic E-state index is 14.4. The highest BCUT2D eigenvalue weighted by Gasteiger charge is 2.61. The molecular weight excluding hydrogens is 559 g/mol. The fourth-order valence-electron chi connectivity index (χ4n) is 6.24. The first-order chi connectivity index (χ1) is 19.6. The van der Waals surface area contributed by atoms with Gasteiger partial charge in [0.2, 0.25) is 11.8 Å². The molecule has 9 heteroatoms. The summed E-state index contributed by atoms with van der Waals surface area (Å²) in [7, 11) is 1.84. The summed E-state index contributed by atoms with van der Waals surface area (Å²) in [6.45, 7) is 3.77. The number of carbonyl (C=O) groups is 2. The highest BCUT2D eigenvalue weighted by atomic mass is 35.5. The smallest absolute Gasteiger partial charge is 0.238 e. The van der Waals surface area contributed by atoms with E-state index in [1.165, 1.54) is 0 Å². The third-order valence-corrected chi connectivity index (χ3v) is 8.61. The number of piperidine rings is 1. The van der Waals surface area contributed by atoms with Crippen LogP contribution in [0.4, 0.5) is 5.69 Å². The van der Waals surface area contributed by atoms with Crippen LogP contribution in [-0.2, 0) is 22.1 Å². The van der Waals surface area contributed by atoms with Gasteiger partial charge in [0.1, 0.15) is 16.9 Å². The number of ether oxygens (including phenoxy) is 1. The SMILES string of the molecule is C#Cc1ccc(Oc2c(C)nn(C)c2C)c([C@H]2NC(=O)C[C@@H](c3cccc(Cl)c3)[C@]23C(=O)Nc2cc(Cl)ccc23)c1. The largest absolute Gasteiger partial charge is 0.453 e. The minimum Gasteiger partial charge on any atom is -0.453 e. The summed E-state index contributed by atoms with van der Waals surface area (Å²) in [5, 5.41) is 11.7. The van der Waals surface area contributed by atoms with E-state index in [4.69, 9.17) is 34.4 Å². The van der Waals surface area contributed by atoms with Crippen molar-refractivity contribution in [3.8, 4) is 23.8 Å². The Hall–Kier alpha value is -4.25. The van der Waals surface area contributed by atoms with E-state index in [1.54, 1.807) is 41.1 Å². The summed E-state index contributed by atoms with van der Waals surface area (Å²) in [6, 6.07) is 17.1. The van der Waals surface area contributed by atoms with E-state index in [0.717, 1.165) is 11.3 Å². The molecular formula is C32H26Cl2N4O3. The second-order valence-electron chi connectivity index (χ2n) is 10.4. The Morgan fingerprint density at radius 3 is 2.56 bits per heavy atom. The van der Waals surface area contributed by atoms with Crippen LogP contribution in [0.25, 0.3) is 0 Å². The first-order valence-corrected chi connectivity index (χ1v) is 13.8. The van der Waals surface area contributed by atoms with E-state index in [2.05, 4.69) is 21.7 Å². The zero-order valence-electron chi connectivity index (χ0n) is 22.6. The molecule has 0 radical (unpaired) electrons. The number of aryl methyl sites for hydroxylation is 2. The molecule has 1 aromatic heterocycles. The van der Waals surface area contributed by atoms with Crippen molar-refractivity contribution in [2.24, 2.45) is 7.05 Å². The van der Waals surface area contributed by atoms with Gasteiger partial charge < -0.3 is 15.4 Å². The molecule has 0 aliphatic carbocycles. The molecule has 1 fully saturated rings. The predicted octanol–water partition coefficient (Wildman–Crippen LogP) is 6.35. The molecule has 3 heterocycles. The number of nitrogens with zero attached hydrogens (tertiary/aromatic N) is 2. The van der Waals surface area contributed by atoms with E-state index in [9.17, 15) is 9.59 Å². The Kier molecular flexibility index (Phi) is 6.56. The van der Waals surface area contributed by atoms with Gasteiger partial charge in [-0.3, -0.25) is 14.3 Å². The lowest BCUT2D eigenvalue weighted by Crippen LogP contribution is -2.56. The van der Waals surface area contributed by atoms with Crippen molar-refractivity contribution in [1.82, 2.24) is 15.1 Å². The van der Waals surface area contributed by atoms with Crippen molar-refractivity contribution in [2.75, 3.05) is 5.32 Å². The number of anilines is 1. The zero-order valence-corrected chi connectivity index (χ0v) is 24.1. The highest BCUT2D eigenvalue weighted by Crippen LogP contribution is 2.58. The van der Waals surface area contributed by atoms with Crippen LogP contribution in [0.3, 0.4) is 0 Å². The van der Waals surface area contributed by atoms with Gasteiger partial charge in [-0.25, -0.2) is 0 Å². The quantitative estimate of drug-likeness (QED) is 0.274. The van der Waals surface area contributed by atoms with E-state index in [1.807, 2.05) is 45.2 Å². The summed E-state index contributed by atoms with van der Waals surface area (Å²) in [5.74, 6) is 2.68. The molecule has 2 amide bonds. The number of hydrogen-bond acceptors (Lipinski definition) is 4.